The van der Waals surface area contributed by atoms with Crippen LogP contribution in [0.25, 0.3) is 0 Å². The molecule has 21 heavy (non-hydrogen) atoms. The highest BCUT2D eigenvalue weighted by molar-refractivity contribution is 14.0. The molecule has 2 rings (SSSR count). The van der Waals surface area contributed by atoms with Crippen LogP contribution in [-0.2, 0) is 6.54 Å². The number of anilines is 1. The number of nitrogens with zero attached hydrogens (tertiary/aromatic N) is 1. The van der Waals surface area contributed by atoms with Crippen molar-refractivity contribution in [3.05, 3.63) is 64.7 Å². The molecule has 0 radical (unpaired) electrons. The first-order valence-electron chi connectivity index (χ1n) is 6.74. The van der Waals surface area contributed by atoms with Crippen molar-refractivity contribution in [1.29, 1.82) is 0 Å². The second-order valence-electron chi connectivity index (χ2n) is 5.13. The number of aliphatic imine (C=N–C) groups is 1. The van der Waals surface area contributed by atoms with Crippen LogP contribution in [0.3, 0.4) is 0 Å². The van der Waals surface area contributed by atoms with E-state index in [9.17, 15) is 0 Å². The van der Waals surface area contributed by atoms with Gasteiger partial charge in [-0.3, -0.25) is 0 Å². The summed E-state index contributed by atoms with van der Waals surface area (Å²) in [5.41, 5.74) is 11.8. The van der Waals surface area contributed by atoms with Gasteiger partial charge in [0.25, 0.3) is 0 Å². The van der Waals surface area contributed by atoms with Crippen molar-refractivity contribution in [2.45, 2.75) is 27.3 Å². The maximum absolute atomic E-state index is 5.94. The Balaban J connectivity index is 0.00000220. The Kier molecular flexibility index (Phi) is 6.68. The van der Waals surface area contributed by atoms with Gasteiger partial charge < -0.3 is 11.1 Å². The highest BCUT2D eigenvalue weighted by Crippen LogP contribution is 2.13. The van der Waals surface area contributed by atoms with E-state index in [1.165, 1.54) is 22.3 Å². The van der Waals surface area contributed by atoms with Crippen molar-refractivity contribution in [3.63, 3.8) is 0 Å². The number of aryl methyl sites for hydroxylation is 3. The van der Waals surface area contributed by atoms with E-state index in [-0.39, 0.29) is 24.0 Å². The molecule has 0 heterocycles. The van der Waals surface area contributed by atoms with Gasteiger partial charge in [0.15, 0.2) is 5.96 Å². The van der Waals surface area contributed by atoms with E-state index in [0.717, 1.165) is 5.69 Å². The van der Waals surface area contributed by atoms with Crippen LogP contribution in [0.2, 0.25) is 0 Å². The molecule has 0 amide bonds. The predicted molar refractivity (Wildman–Crippen MR) is 101 cm³/mol. The van der Waals surface area contributed by atoms with Crippen LogP contribution in [-0.4, -0.2) is 5.96 Å². The summed E-state index contributed by atoms with van der Waals surface area (Å²) in [6, 6.07) is 14.4. The molecular weight excluding hydrogens is 373 g/mol. The van der Waals surface area contributed by atoms with Crippen LogP contribution >= 0.6 is 24.0 Å². The summed E-state index contributed by atoms with van der Waals surface area (Å²) in [6.07, 6.45) is 0. The van der Waals surface area contributed by atoms with Gasteiger partial charge >= 0.3 is 0 Å². The van der Waals surface area contributed by atoms with E-state index in [0.29, 0.717) is 12.5 Å². The second kappa shape index (κ2) is 8.02. The Hall–Kier alpha value is -1.56. The number of hydrogen-bond acceptors (Lipinski definition) is 1. The fraction of sp³-hybridized carbons (Fsp3) is 0.235. The molecule has 0 unspecified atom stereocenters. The van der Waals surface area contributed by atoms with E-state index < -0.39 is 0 Å². The molecule has 0 aromatic heterocycles. The lowest BCUT2D eigenvalue weighted by atomic mass is 10.1. The minimum absolute atomic E-state index is 0. The van der Waals surface area contributed by atoms with Crippen LogP contribution in [0.15, 0.2) is 47.5 Å². The van der Waals surface area contributed by atoms with Gasteiger partial charge in [-0.1, -0.05) is 30.3 Å². The third-order valence-electron chi connectivity index (χ3n) is 3.18. The summed E-state index contributed by atoms with van der Waals surface area (Å²) in [7, 11) is 0. The highest BCUT2D eigenvalue weighted by atomic mass is 127. The molecule has 0 bridgehead atoms. The fourth-order valence-corrected chi connectivity index (χ4v) is 2.19. The number of nitrogens with two attached hydrogens (primary N) is 1. The molecule has 2 aromatic carbocycles. The number of guanidine groups is 1. The van der Waals surface area contributed by atoms with Gasteiger partial charge in [0.2, 0.25) is 0 Å². The number of nitrogens with one attached hydrogen (secondary N) is 1. The monoisotopic (exact) mass is 395 g/mol. The van der Waals surface area contributed by atoms with E-state index in [1.807, 2.05) is 12.1 Å². The molecule has 4 heteroatoms. The van der Waals surface area contributed by atoms with E-state index in [2.05, 4.69) is 61.4 Å². The molecule has 2 aromatic rings. The van der Waals surface area contributed by atoms with Gasteiger partial charge in [0.05, 0.1) is 6.54 Å². The Bertz CT molecular complexity index is 615. The van der Waals surface area contributed by atoms with Gasteiger partial charge in [-0.25, -0.2) is 4.99 Å². The zero-order chi connectivity index (χ0) is 14.5. The molecule has 3 N–H and O–H groups in total. The quantitative estimate of drug-likeness (QED) is 0.466. The van der Waals surface area contributed by atoms with Gasteiger partial charge in [-0.2, -0.15) is 0 Å². The van der Waals surface area contributed by atoms with Crippen LogP contribution in [0.4, 0.5) is 5.69 Å². The molecule has 0 spiro atoms. The average Bonchev–Trinajstić information content (AvgIpc) is 2.36. The van der Waals surface area contributed by atoms with E-state index in [4.69, 9.17) is 5.73 Å². The zero-order valence-corrected chi connectivity index (χ0v) is 15.0. The molecular formula is C17H22IN3. The van der Waals surface area contributed by atoms with Gasteiger partial charge in [-0.15, -0.1) is 24.0 Å². The average molecular weight is 395 g/mol. The lowest BCUT2D eigenvalue weighted by Gasteiger charge is -2.08. The SMILES string of the molecule is Cc1cc(C)cc(NC(N)=NCc2ccccc2C)c1.I. The number of benzene rings is 2. The van der Waals surface area contributed by atoms with Crippen LogP contribution in [0.1, 0.15) is 22.3 Å². The molecule has 0 fully saturated rings. The Morgan fingerprint density at radius 2 is 1.67 bits per heavy atom. The smallest absolute Gasteiger partial charge is 0.193 e. The van der Waals surface area contributed by atoms with Crippen LogP contribution in [0, 0.1) is 20.8 Å². The molecule has 0 saturated carbocycles. The summed E-state index contributed by atoms with van der Waals surface area (Å²) < 4.78 is 0. The van der Waals surface area contributed by atoms with Crippen LogP contribution in [0.5, 0.6) is 0 Å². The van der Waals surface area contributed by atoms with Crippen molar-refractivity contribution in [1.82, 2.24) is 0 Å². The first-order chi connectivity index (χ1) is 9.54. The van der Waals surface area contributed by atoms with Crippen molar-refractivity contribution in [2.75, 3.05) is 5.32 Å². The third kappa shape index (κ3) is 5.38. The normalized spacial score (nSPS) is 10.9. The first kappa shape index (κ1) is 17.5. The molecule has 3 nitrogen and oxygen atoms in total. The molecule has 0 saturated heterocycles. The van der Waals surface area contributed by atoms with E-state index >= 15 is 0 Å². The van der Waals surface area contributed by atoms with Gasteiger partial charge in [0, 0.05) is 5.69 Å². The van der Waals surface area contributed by atoms with E-state index in [1.54, 1.807) is 0 Å². The number of halogens is 1. The van der Waals surface area contributed by atoms with Crippen molar-refractivity contribution in [2.24, 2.45) is 10.7 Å². The number of hydrogen-bond donors (Lipinski definition) is 2. The molecule has 0 atom stereocenters. The number of rotatable bonds is 3. The summed E-state index contributed by atoms with van der Waals surface area (Å²) in [4.78, 5) is 4.39. The van der Waals surface area contributed by atoms with Crippen molar-refractivity contribution in [3.8, 4) is 0 Å². The molecule has 0 aliphatic heterocycles. The largest absolute Gasteiger partial charge is 0.370 e. The summed E-state index contributed by atoms with van der Waals surface area (Å²) in [5.74, 6) is 0.443. The summed E-state index contributed by atoms with van der Waals surface area (Å²) in [6.45, 7) is 6.81. The topological polar surface area (TPSA) is 50.4 Å². The summed E-state index contributed by atoms with van der Waals surface area (Å²) in [5, 5.41) is 3.14. The Morgan fingerprint density at radius 1 is 1.05 bits per heavy atom. The lowest BCUT2D eigenvalue weighted by Crippen LogP contribution is -2.22. The zero-order valence-electron chi connectivity index (χ0n) is 12.7. The van der Waals surface area contributed by atoms with Crippen LogP contribution < -0.4 is 11.1 Å². The second-order valence-corrected chi connectivity index (χ2v) is 5.13. The third-order valence-corrected chi connectivity index (χ3v) is 3.18. The Morgan fingerprint density at radius 3 is 2.29 bits per heavy atom. The minimum Gasteiger partial charge on any atom is -0.370 e. The molecule has 112 valence electrons. The summed E-state index contributed by atoms with van der Waals surface area (Å²) >= 11 is 0. The van der Waals surface area contributed by atoms with Gasteiger partial charge in [-0.05, 0) is 55.2 Å². The standard InChI is InChI=1S/C17H21N3.HI/c1-12-8-13(2)10-16(9-12)20-17(18)19-11-15-7-5-4-6-14(15)3;/h4-10H,11H2,1-3H3,(H3,18,19,20);1H. The maximum Gasteiger partial charge on any atom is 0.193 e. The molecule has 0 aliphatic carbocycles. The molecule has 0 aliphatic rings. The fourth-order valence-electron chi connectivity index (χ4n) is 2.19. The highest BCUT2D eigenvalue weighted by Gasteiger charge is 1.99. The van der Waals surface area contributed by atoms with Crippen molar-refractivity contribution < 1.29 is 0 Å². The Labute approximate surface area is 143 Å². The maximum atomic E-state index is 5.94. The van der Waals surface area contributed by atoms with Crippen molar-refractivity contribution >= 4 is 35.6 Å². The lowest BCUT2D eigenvalue weighted by molar-refractivity contribution is 1.04. The predicted octanol–water partition coefficient (Wildman–Crippen LogP) is 4.16. The van der Waals surface area contributed by atoms with Gasteiger partial charge in [0.1, 0.15) is 0 Å². The first-order valence-corrected chi connectivity index (χ1v) is 6.74. The minimum atomic E-state index is 0.